The van der Waals surface area contributed by atoms with Gasteiger partial charge < -0.3 is 24.8 Å². The van der Waals surface area contributed by atoms with Crippen LogP contribution in [0.25, 0.3) is 43.8 Å². The van der Waals surface area contributed by atoms with Gasteiger partial charge in [-0.3, -0.25) is 0 Å². The van der Waals surface area contributed by atoms with E-state index < -0.39 is 0 Å². The average molecular weight is 757 g/mol. The maximum Gasteiger partial charge on any atom is -1.00 e. The minimum Gasteiger partial charge on any atom is -1.00 e. The van der Waals surface area contributed by atoms with Crippen molar-refractivity contribution in [2.45, 2.75) is 86.7 Å². The molecule has 0 aliphatic rings. The zero-order valence-electron chi connectivity index (χ0n) is 29.5. The minimum atomic E-state index is 0. The van der Waals surface area contributed by atoms with Gasteiger partial charge in [-0.15, -0.1) is 68.1 Å². The standard InChI is InChI=1S/C21H23.C20H21.C2H6Si.2ClH.Zr/c1-4-6-17-8-10-18(11-9-17)19-12-7-15(3)20-13-16(5-2)14-21(19)20;1-4-5-16-7-9-17(10-8-16)18-11-6-15(3)19-12-14(2)13-20(18)19;1-3-2;;;/h7-14H,4-6H2,1-3H3;6-13H,4-5H2,1-3H3;1-2H3;2*1H;/q2*-1;;;;+2/p-2. The Kier molecular flexibility index (Phi) is 17.2. The first-order valence-electron chi connectivity index (χ1n) is 16.7. The van der Waals surface area contributed by atoms with E-state index in [2.05, 4.69) is 152 Å². The normalized spacial score (nSPS) is 10.3. The molecule has 0 nitrogen and oxygen atoms in total. The van der Waals surface area contributed by atoms with Crippen molar-refractivity contribution in [3.05, 3.63) is 130 Å². The largest absolute Gasteiger partial charge is 1.00 e. The monoisotopic (exact) mass is 754 g/mol. The molecular formula is C43H50Cl2SiZr-2. The molecule has 0 N–H and O–H groups in total. The van der Waals surface area contributed by atoms with E-state index >= 15 is 0 Å². The first-order valence-corrected chi connectivity index (χ1v) is 22.9. The fourth-order valence-corrected chi connectivity index (χ4v) is 6.08. The molecule has 0 aliphatic carbocycles. The number of benzene rings is 4. The van der Waals surface area contributed by atoms with E-state index in [1.54, 1.807) is 23.3 Å². The summed E-state index contributed by atoms with van der Waals surface area (Å²) < 4.78 is 0. The number of hydrogen-bond acceptors (Lipinski definition) is 0. The molecule has 0 atom stereocenters. The van der Waals surface area contributed by atoms with Gasteiger partial charge in [-0.1, -0.05) is 126 Å². The van der Waals surface area contributed by atoms with Crippen molar-refractivity contribution in [3.63, 3.8) is 0 Å². The zero-order chi connectivity index (χ0) is 32.5. The molecule has 0 aliphatic heterocycles. The van der Waals surface area contributed by atoms with Gasteiger partial charge in [0.2, 0.25) is 0 Å². The number of aryl methyl sites for hydroxylation is 6. The van der Waals surface area contributed by atoms with E-state index in [4.69, 9.17) is 0 Å². The van der Waals surface area contributed by atoms with Gasteiger partial charge in [0.05, 0.1) is 0 Å². The Balaban J connectivity index is 0.000000283. The Hall–Kier alpha value is -2.22. The van der Waals surface area contributed by atoms with Gasteiger partial charge in [0, 0.05) is 0 Å². The maximum absolute atomic E-state index is 2.36. The molecule has 0 unspecified atom stereocenters. The molecule has 0 spiro atoms. The third-order valence-corrected chi connectivity index (χ3v) is 8.43. The predicted octanol–water partition coefficient (Wildman–Crippen LogP) is 6.64. The summed E-state index contributed by atoms with van der Waals surface area (Å²) in [5.74, 6) is 0. The summed E-state index contributed by atoms with van der Waals surface area (Å²) in [5.41, 5.74) is 13.9. The SMILES string of the molecule is CCCc1ccc(-c2ccc(C)c3[cH-]c(C)cc23)cc1.CCCc1ccc(-c2ccc(C)c3[cH-]c(CC)cc23)cc1.C[Si](C)=[Zr+2].[Cl-].[Cl-]. The molecule has 0 saturated heterocycles. The molecule has 4 heteroatoms. The Morgan fingerprint density at radius 1 is 0.574 bits per heavy atom. The van der Waals surface area contributed by atoms with Gasteiger partial charge in [0.15, 0.2) is 0 Å². The fourth-order valence-electron chi connectivity index (χ4n) is 6.08. The molecule has 0 fully saturated rings. The summed E-state index contributed by atoms with van der Waals surface area (Å²) in [5, 5.41) is 5.57. The van der Waals surface area contributed by atoms with E-state index in [-0.39, 0.29) is 30.2 Å². The summed E-state index contributed by atoms with van der Waals surface area (Å²) in [6.45, 7) is 17.9. The molecule has 47 heavy (non-hydrogen) atoms. The molecule has 0 amide bonds. The van der Waals surface area contributed by atoms with Crippen LogP contribution in [0.1, 0.15) is 67.0 Å². The van der Waals surface area contributed by atoms with Crippen molar-refractivity contribution in [3.8, 4) is 22.3 Å². The molecule has 246 valence electrons. The molecule has 0 bridgehead atoms. The van der Waals surface area contributed by atoms with Gasteiger partial charge in [-0.2, -0.15) is 12.1 Å². The number of halogens is 2. The Bertz CT molecular complexity index is 1850. The Morgan fingerprint density at radius 3 is 1.38 bits per heavy atom. The van der Waals surface area contributed by atoms with Gasteiger partial charge in [0.1, 0.15) is 0 Å². The van der Waals surface area contributed by atoms with Crippen molar-refractivity contribution < 1.29 is 48.1 Å². The fraction of sp³-hybridized carbons (Fsp3) is 0.302. The molecule has 6 aromatic rings. The number of hydrogen-bond donors (Lipinski definition) is 0. The second-order valence-corrected chi connectivity index (χ2v) is 22.0. The second-order valence-electron chi connectivity index (χ2n) is 12.7. The van der Waals surface area contributed by atoms with Crippen molar-refractivity contribution in [2.75, 3.05) is 0 Å². The van der Waals surface area contributed by atoms with Crippen LogP contribution < -0.4 is 24.8 Å². The summed E-state index contributed by atoms with van der Waals surface area (Å²) >= 11 is 1.74. The summed E-state index contributed by atoms with van der Waals surface area (Å²) in [6, 6.07) is 36.4. The first-order chi connectivity index (χ1) is 21.6. The molecule has 6 aromatic carbocycles. The van der Waals surface area contributed by atoms with Crippen LogP contribution in [0.2, 0.25) is 13.1 Å². The smallest absolute Gasteiger partial charge is 1.00 e. The van der Waals surface area contributed by atoms with E-state index in [0.29, 0.717) is 0 Å². The molecule has 6 rings (SSSR count). The third kappa shape index (κ3) is 10.9. The van der Waals surface area contributed by atoms with Gasteiger partial charge >= 0.3 is 41.9 Å². The van der Waals surface area contributed by atoms with Crippen molar-refractivity contribution >= 4 is 27.0 Å². The van der Waals surface area contributed by atoms with Crippen LogP contribution in [0, 0.1) is 20.8 Å². The van der Waals surface area contributed by atoms with Gasteiger partial charge in [-0.05, 0) is 41.5 Å². The van der Waals surface area contributed by atoms with Gasteiger partial charge in [-0.25, -0.2) is 0 Å². The van der Waals surface area contributed by atoms with E-state index in [0.717, 1.165) is 6.42 Å². The van der Waals surface area contributed by atoms with Crippen LogP contribution in [-0.4, -0.2) is 5.43 Å². The van der Waals surface area contributed by atoms with Crippen LogP contribution >= 0.6 is 0 Å². The molecular weight excluding hydrogens is 707 g/mol. The summed E-state index contributed by atoms with van der Waals surface area (Å²) in [6.07, 6.45) is 5.84. The molecule has 0 saturated carbocycles. The van der Waals surface area contributed by atoms with E-state index in [9.17, 15) is 0 Å². The zero-order valence-corrected chi connectivity index (χ0v) is 34.5. The van der Waals surface area contributed by atoms with Crippen LogP contribution in [-0.2, 0) is 42.6 Å². The molecule has 0 aromatic heterocycles. The summed E-state index contributed by atoms with van der Waals surface area (Å²) in [7, 11) is 0. The van der Waals surface area contributed by atoms with Crippen molar-refractivity contribution in [1.29, 1.82) is 0 Å². The first kappa shape index (κ1) is 41.0. The van der Waals surface area contributed by atoms with Crippen LogP contribution in [0.4, 0.5) is 0 Å². The van der Waals surface area contributed by atoms with Crippen LogP contribution in [0.15, 0.2) is 97.1 Å². The maximum atomic E-state index is 2.36. The summed E-state index contributed by atoms with van der Waals surface area (Å²) in [4.78, 5) is 0. The topological polar surface area (TPSA) is 0 Å². The van der Waals surface area contributed by atoms with E-state index in [1.807, 2.05) is 0 Å². The van der Waals surface area contributed by atoms with Gasteiger partial charge in [0.25, 0.3) is 0 Å². The Morgan fingerprint density at radius 2 is 0.979 bits per heavy atom. The van der Waals surface area contributed by atoms with Crippen molar-refractivity contribution in [2.24, 2.45) is 0 Å². The molecule has 0 radical (unpaired) electrons. The number of fused-ring (bicyclic) bond motifs is 2. The number of rotatable bonds is 7. The average Bonchev–Trinajstić information content (AvgIpc) is 3.64. The quantitative estimate of drug-likeness (QED) is 0.127. The van der Waals surface area contributed by atoms with Crippen LogP contribution in [0.5, 0.6) is 0 Å². The van der Waals surface area contributed by atoms with E-state index in [1.165, 1.54) is 103 Å². The predicted molar refractivity (Wildman–Crippen MR) is 199 cm³/mol. The van der Waals surface area contributed by atoms with Crippen molar-refractivity contribution in [1.82, 2.24) is 0 Å². The molecule has 0 heterocycles. The third-order valence-electron chi connectivity index (χ3n) is 8.43. The second kappa shape index (κ2) is 19.7. The minimum absolute atomic E-state index is 0. The van der Waals surface area contributed by atoms with Crippen LogP contribution in [0.3, 0.4) is 0 Å². The Labute approximate surface area is 312 Å².